The summed E-state index contributed by atoms with van der Waals surface area (Å²) < 4.78 is 0. The van der Waals surface area contributed by atoms with E-state index in [-0.39, 0.29) is 17.7 Å². The summed E-state index contributed by atoms with van der Waals surface area (Å²) in [5.41, 5.74) is 5.46. The third kappa shape index (κ3) is 4.76. The van der Waals surface area contributed by atoms with Crippen LogP contribution in [0.3, 0.4) is 0 Å². The van der Waals surface area contributed by atoms with Gasteiger partial charge in [-0.3, -0.25) is 9.59 Å². The first-order valence-corrected chi connectivity index (χ1v) is 9.64. The third-order valence-electron chi connectivity index (χ3n) is 5.25. The second-order valence-electron chi connectivity index (χ2n) is 7.59. The molecule has 2 aromatic rings. The van der Waals surface area contributed by atoms with Gasteiger partial charge in [-0.2, -0.15) is 0 Å². The molecule has 0 aromatic heterocycles. The number of carbonyl (C=O) groups excluding carboxylic acids is 2. The van der Waals surface area contributed by atoms with Gasteiger partial charge < -0.3 is 10.2 Å². The van der Waals surface area contributed by atoms with Crippen LogP contribution in [0, 0.1) is 26.7 Å². The van der Waals surface area contributed by atoms with Crippen LogP contribution in [-0.2, 0) is 16.0 Å². The zero-order chi connectivity index (χ0) is 19.4. The normalized spacial score (nSPS) is 16.6. The number of likely N-dealkylation sites (tertiary alicyclic amines) is 1. The van der Waals surface area contributed by atoms with Gasteiger partial charge in [-0.05, 0) is 50.3 Å². The topological polar surface area (TPSA) is 49.4 Å². The lowest BCUT2D eigenvalue weighted by Crippen LogP contribution is -2.29. The standard InChI is InChI=1S/C23H28N2O2/c1-16-12-17(2)22(18(3)13-16)24-23(27)20-14-21(26)25(15-20)11-7-10-19-8-5-4-6-9-19/h4-6,8-9,12-13,20H,7,10-11,14-15H2,1-3H3,(H,24,27). The van der Waals surface area contributed by atoms with Gasteiger partial charge >= 0.3 is 0 Å². The summed E-state index contributed by atoms with van der Waals surface area (Å²) in [7, 11) is 0. The van der Waals surface area contributed by atoms with E-state index in [2.05, 4.69) is 36.5 Å². The predicted molar refractivity (Wildman–Crippen MR) is 109 cm³/mol. The lowest BCUT2D eigenvalue weighted by molar-refractivity contribution is -0.128. The number of carbonyl (C=O) groups is 2. The molecule has 2 aromatic carbocycles. The molecule has 142 valence electrons. The van der Waals surface area contributed by atoms with Gasteiger partial charge in [0.15, 0.2) is 0 Å². The summed E-state index contributed by atoms with van der Waals surface area (Å²) in [6.07, 6.45) is 2.17. The van der Waals surface area contributed by atoms with Gasteiger partial charge in [0.2, 0.25) is 11.8 Å². The quantitative estimate of drug-likeness (QED) is 0.841. The summed E-state index contributed by atoms with van der Waals surface area (Å²) in [5, 5.41) is 3.05. The van der Waals surface area contributed by atoms with Crippen LogP contribution in [0.25, 0.3) is 0 Å². The van der Waals surface area contributed by atoms with E-state index in [1.165, 1.54) is 11.1 Å². The number of hydrogen-bond acceptors (Lipinski definition) is 2. The smallest absolute Gasteiger partial charge is 0.229 e. The lowest BCUT2D eigenvalue weighted by Gasteiger charge is -2.18. The number of rotatable bonds is 6. The summed E-state index contributed by atoms with van der Waals surface area (Å²) in [4.78, 5) is 26.8. The van der Waals surface area contributed by atoms with E-state index in [1.54, 1.807) is 0 Å². The molecule has 1 unspecified atom stereocenters. The average Bonchev–Trinajstić information content (AvgIpc) is 3.00. The van der Waals surface area contributed by atoms with Gasteiger partial charge in [0.05, 0.1) is 5.92 Å². The Balaban J connectivity index is 1.54. The number of anilines is 1. The number of amides is 2. The minimum Gasteiger partial charge on any atom is -0.342 e. The highest BCUT2D eigenvalue weighted by molar-refractivity contribution is 5.98. The van der Waals surface area contributed by atoms with Crippen LogP contribution in [0.5, 0.6) is 0 Å². The molecule has 2 amide bonds. The molecule has 1 N–H and O–H groups in total. The van der Waals surface area contributed by atoms with Gasteiger partial charge in [-0.25, -0.2) is 0 Å². The van der Waals surface area contributed by atoms with Gasteiger partial charge in [0, 0.05) is 25.2 Å². The van der Waals surface area contributed by atoms with E-state index in [1.807, 2.05) is 36.9 Å². The summed E-state index contributed by atoms with van der Waals surface area (Å²) in [6, 6.07) is 14.4. The lowest BCUT2D eigenvalue weighted by atomic mass is 10.0. The predicted octanol–water partition coefficient (Wildman–Crippen LogP) is 4.03. The highest BCUT2D eigenvalue weighted by atomic mass is 16.2. The molecule has 4 nitrogen and oxygen atoms in total. The fourth-order valence-electron chi connectivity index (χ4n) is 3.89. The van der Waals surface area contributed by atoms with Crippen molar-refractivity contribution in [2.75, 3.05) is 18.4 Å². The van der Waals surface area contributed by atoms with Crippen molar-refractivity contribution in [2.45, 2.75) is 40.0 Å². The third-order valence-corrected chi connectivity index (χ3v) is 5.25. The van der Waals surface area contributed by atoms with Crippen LogP contribution in [-0.4, -0.2) is 29.8 Å². The Hall–Kier alpha value is -2.62. The van der Waals surface area contributed by atoms with Gasteiger partial charge in [-0.15, -0.1) is 0 Å². The summed E-state index contributed by atoms with van der Waals surface area (Å²) >= 11 is 0. The Morgan fingerprint density at radius 2 is 1.78 bits per heavy atom. The van der Waals surface area contributed by atoms with E-state index in [0.29, 0.717) is 19.5 Å². The highest BCUT2D eigenvalue weighted by Gasteiger charge is 2.34. The van der Waals surface area contributed by atoms with E-state index in [9.17, 15) is 9.59 Å². The molecule has 27 heavy (non-hydrogen) atoms. The molecule has 4 heteroatoms. The van der Waals surface area contributed by atoms with Crippen molar-refractivity contribution in [3.05, 3.63) is 64.7 Å². The fraction of sp³-hybridized carbons (Fsp3) is 0.391. The zero-order valence-corrected chi connectivity index (χ0v) is 16.4. The van der Waals surface area contributed by atoms with Crippen LogP contribution in [0.2, 0.25) is 0 Å². The minimum absolute atomic E-state index is 0.0519. The van der Waals surface area contributed by atoms with E-state index in [4.69, 9.17) is 0 Å². The number of nitrogens with zero attached hydrogens (tertiary/aromatic N) is 1. The zero-order valence-electron chi connectivity index (χ0n) is 16.4. The van der Waals surface area contributed by atoms with Crippen molar-refractivity contribution in [1.29, 1.82) is 0 Å². The molecule has 1 saturated heterocycles. The number of aryl methyl sites for hydroxylation is 4. The molecule has 0 radical (unpaired) electrons. The van der Waals surface area contributed by atoms with Crippen LogP contribution in [0.4, 0.5) is 5.69 Å². The molecule has 1 atom stereocenters. The Kier molecular flexibility index (Phi) is 5.94. The van der Waals surface area contributed by atoms with Crippen molar-refractivity contribution in [2.24, 2.45) is 5.92 Å². The maximum atomic E-state index is 12.7. The first-order chi connectivity index (χ1) is 12.9. The summed E-state index contributed by atoms with van der Waals surface area (Å²) in [6.45, 7) is 7.29. The minimum atomic E-state index is -0.269. The number of benzene rings is 2. The van der Waals surface area contributed by atoms with Gasteiger partial charge in [0.1, 0.15) is 0 Å². The molecule has 1 aliphatic heterocycles. The van der Waals surface area contributed by atoms with Crippen LogP contribution >= 0.6 is 0 Å². The second kappa shape index (κ2) is 8.38. The number of nitrogens with one attached hydrogen (secondary N) is 1. The highest BCUT2D eigenvalue weighted by Crippen LogP contribution is 2.25. The molecule has 0 aliphatic carbocycles. The maximum absolute atomic E-state index is 12.7. The van der Waals surface area contributed by atoms with Crippen LogP contribution in [0.1, 0.15) is 35.1 Å². The molecule has 3 rings (SSSR count). The molecule has 1 heterocycles. The first kappa shape index (κ1) is 19.2. The van der Waals surface area contributed by atoms with Crippen molar-refractivity contribution >= 4 is 17.5 Å². The first-order valence-electron chi connectivity index (χ1n) is 9.64. The molecule has 0 saturated carbocycles. The van der Waals surface area contributed by atoms with Gasteiger partial charge in [-0.1, -0.05) is 48.0 Å². The van der Waals surface area contributed by atoms with Gasteiger partial charge in [0.25, 0.3) is 0 Å². The average molecular weight is 364 g/mol. The Bertz CT molecular complexity index is 807. The van der Waals surface area contributed by atoms with Crippen molar-refractivity contribution < 1.29 is 9.59 Å². The molecular formula is C23H28N2O2. The van der Waals surface area contributed by atoms with E-state index < -0.39 is 0 Å². The van der Waals surface area contributed by atoms with Crippen LogP contribution < -0.4 is 5.32 Å². The van der Waals surface area contributed by atoms with Crippen molar-refractivity contribution in [1.82, 2.24) is 4.90 Å². The van der Waals surface area contributed by atoms with Crippen molar-refractivity contribution in [3.63, 3.8) is 0 Å². The second-order valence-corrected chi connectivity index (χ2v) is 7.59. The summed E-state index contributed by atoms with van der Waals surface area (Å²) in [5.74, 6) is -0.237. The van der Waals surface area contributed by atoms with Crippen LogP contribution in [0.15, 0.2) is 42.5 Å². The SMILES string of the molecule is Cc1cc(C)c(NC(=O)C2CC(=O)N(CCCc3ccccc3)C2)c(C)c1. The van der Waals surface area contributed by atoms with Crippen molar-refractivity contribution in [3.8, 4) is 0 Å². The number of hydrogen-bond donors (Lipinski definition) is 1. The largest absolute Gasteiger partial charge is 0.342 e. The fourth-order valence-corrected chi connectivity index (χ4v) is 3.89. The molecular weight excluding hydrogens is 336 g/mol. The Labute approximate surface area is 161 Å². The molecule has 1 fully saturated rings. The monoisotopic (exact) mass is 364 g/mol. The Morgan fingerprint density at radius 3 is 2.44 bits per heavy atom. The molecule has 0 bridgehead atoms. The van der Waals surface area contributed by atoms with E-state index >= 15 is 0 Å². The molecule has 0 spiro atoms. The molecule has 1 aliphatic rings. The Morgan fingerprint density at radius 1 is 1.11 bits per heavy atom. The maximum Gasteiger partial charge on any atom is 0.229 e. The van der Waals surface area contributed by atoms with E-state index in [0.717, 1.165) is 29.7 Å².